The maximum Gasteiger partial charge on any atom is 0.410 e. The minimum Gasteiger partial charge on any atom is -0.445 e. The van der Waals surface area contributed by atoms with Crippen molar-refractivity contribution in [3.8, 4) is 0 Å². The number of hydrogen-bond acceptors (Lipinski definition) is 3. The second kappa shape index (κ2) is 5.57. The molecule has 1 amide bonds. The van der Waals surface area contributed by atoms with Gasteiger partial charge in [-0.25, -0.2) is 9.18 Å². The molecule has 0 aliphatic carbocycles. The number of halogens is 1. The Balaban J connectivity index is 1.84. The summed E-state index contributed by atoms with van der Waals surface area (Å²) in [6.45, 7) is 1.80. The van der Waals surface area contributed by atoms with Crippen molar-refractivity contribution in [2.24, 2.45) is 0 Å². The van der Waals surface area contributed by atoms with Gasteiger partial charge in [0.15, 0.2) is 0 Å². The predicted octanol–water partition coefficient (Wildman–Crippen LogP) is 2.12. The molecule has 1 saturated heterocycles. The predicted molar refractivity (Wildman–Crippen MR) is 68.3 cm³/mol. The summed E-state index contributed by atoms with van der Waals surface area (Å²) in [5.41, 5.74) is -0.465. The fourth-order valence-corrected chi connectivity index (χ4v) is 1.98. The molecule has 1 aromatic rings. The first-order chi connectivity index (χ1) is 8.99. The Hall–Kier alpha value is -1.62. The fourth-order valence-electron chi connectivity index (χ4n) is 1.98. The van der Waals surface area contributed by atoms with Crippen LogP contribution in [0.5, 0.6) is 0 Å². The number of amides is 1. The number of likely N-dealkylation sites (tertiary alicyclic amines) is 1. The zero-order valence-corrected chi connectivity index (χ0v) is 10.9. The van der Waals surface area contributed by atoms with Gasteiger partial charge in [0.25, 0.3) is 0 Å². The fraction of sp³-hybridized carbons (Fsp3) is 0.500. The molecule has 1 N–H and O–H groups in total. The minimum absolute atomic E-state index is 0.124. The van der Waals surface area contributed by atoms with Crippen molar-refractivity contribution < 1.29 is 19.0 Å². The van der Waals surface area contributed by atoms with Crippen molar-refractivity contribution in [3.05, 3.63) is 35.9 Å². The van der Waals surface area contributed by atoms with Gasteiger partial charge in [-0.05, 0) is 18.9 Å². The summed E-state index contributed by atoms with van der Waals surface area (Å²) in [7, 11) is 0. The SMILES string of the molecule is C[C@]1(O)CCN(C(=O)OCc2ccccc2)CC1F. The lowest BCUT2D eigenvalue weighted by Crippen LogP contribution is -2.53. The molecule has 0 spiro atoms. The quantitative estimate of drug-likeness (QED) is 0.893. The highest BCUT2D eigenvalue weighted by atomic mass is 19.1. The van der Waals surface area contributed by atoms with Gasteiger partial charge in [-0.1, -0.05) is 30.3 Å². The van der Waals surface area contributed by atoms with Crippen LogP contribution in [0, 0.1) is 0 Å². The molecule has 1 unspecified atom stereocenters. The average molecular weight is 267 g/mol. The smallest absolute Gasteiger partial charge is 0.410 e. The molecule has 4 nitrogen and oxygen atoms in total. The van der Waals surface area contributed by atoms with Crippen molar-refractivity contribution in [3.63, 3.8) is 0 Å². The van der Waals surface area contributed by atoms with Gasteiger partial charge in [0, 0.05) is 6.54 Å². The molecule has 0 bridgehead atoms. The normalized spacial score (nSPS) is 27.1. The summed E-state index contributed by atoms with van der Waals surface area (Å²) in [6, 6.07) is 9.31. The molecule has 1 aliphatic heterocycles. The summed E-state index contributed by atoms with van der Waals surface area (Å²) in [5.74, 6) is 0. The van der Waals surface area contributed by atoms with Gasteiger partial charge in [-0.2, -0.15) is 0 Å². The molecule has 0 aromatic heterocycles. The molecule has 5 heteroatoms. The van der Waals surface area contributed by atoms with Crippen LogP contribution in [0.4, 0.5) is 9.18 Å². The third-order valence-corrected chi connectivity index (χ3v) is 3.41. The van der Waals surface area contributed by atoms with Gasteiger partial charge in [0.05, 0.1) is 12.1 Å². The van der Waals surface area contributed by atoms with E-state index in [0.717, 1.165) is 5.56 Å². The van der Waals surface area contributed by atoms with Crippen LogP contribution >= 0.6 is 0 Å². The molecule has 0 radical (unpaired) electrons. The first kappa shape index (κ1) is 13.8. The van der Waals surface area contributed by atoms with Crippen LogP contribution in [0.15, 0.2) is 30.3 Å². The molecule has 2 atom stereocenters. The van der Waals surface area contributed by atoms with E-state index in [9.17, 15) is 14.3 Å². The van der Waals surface area contributed by atoms with Gasteiger partial charge >= 0.3 is 6.09 Å². The second-order valence-electron chi connectivity index (χ2n) is 5.06. The minimum atomic E-state index is -1.44. The van der Waals surface area contributed by atoms with Gasteiger partial charge in [0.1, 0.15) is 12.8 Å². The van der Waals surface area contributed by atoms with E-state index in [1.165, 1.54) is 11.8 Å². The van der Waals surface area contributed by atoms with Gasteiger partial charge in [-0.3, -0.25) is 0 Å². The van der Waals surface area contributed by atoms with Crippen LogP contribution in [-0.4, -0.2) is 41.0 Å². The molecular weight excluding hydrogens is 249 g/mol. The van der Waals surface area contributed by atoms with E-state index in [2.05, 4.69) is 0 Å². The van der Waals surface area contributed by atoms with E-state index in [1.54, 1.807) is 0 Å². The van der Waals surface area contributed by atoms with Crippen molar-refractivity contribution in [2.75, 3.05) is 13.1 Å². The maximum absolute atomic E-state index is 13.6. The highest BCUT2D eigenvalue weighted by Gasteiger charge is 2.39. The third-order valence-electron chi connectivity index (χ3n) is 3.41. The van der Waals surface area contributed by atoms with Crippen LogP contribution in [-0.2, 0) is 11.3 Å². The molecule has 1 aliphatic rings. The lowest BCUT2D eigenvalue weighted by atomic mass is 9.92. The van der Waals surface area contributed by atoms with E-state index in [0.29, 0.717) is 6.54 Å². The Morgan fingerprint density at radius 2 is 2.21 bits per heavy atom. The first-order valence-corrected chi connectivity index (χ1v) is 6.31. The molecule has 1 aromatic carbocycles. The number of hydrogen-bond donors (Lipinski definition) is 1. The lowest BCUT2D eigenvalue weighted by Gasteiger charge is -2.37. The van der Waals surface area contributed by atoms with Crippen molar-refractivity contribution >= 4 is 6.09 Å². The number of rotatable bonds is 2. The van der Waals surface area contributed by atoms with Crippen LogP contribution in [0.1, 0.15) is 18.9 Å². The summed E-state index contributed by atoms with van der Waals surface area (Å²) in [6.07, 6.45) is -1.76. The van der Waals surface area contributed by atoms with Crippen LogP contribution in [0.3, 0.4) is 0 Å². The molecular formula is C14H18FNO3. The lowest BCUT2D eigenvalue weighted by molar-refractivity contribution is -0.0682. The molecule has 19 heavy (non-hydrogen) atoms. The van der Waals surface area contributed by atoms with E-state index in [-0.39, 0.29) is 19.6 Å². The van der Waals surface area contributed by atoms with Gasteiger partial charge < -0.3 is 14.7 Å². The Kier molecular flexibility index (Phi) is 4.04. The maximum atomic E-state index is 13.6. The second-order valence-corrected chi connectivity index (χ2v) is 5.06. The molecule has 1 fully saturated rings. The molecule has 0 saturated carbocycles. The first-order valence-electron chi connectivity index (χ1n) is 6.31. The standard InChI is InChI=1S/C14H18FNO3/c1-14(18)7-8-16(9-12(14)15)13(17)19-10-11-5-3-2-4-6-11/h2-6,12,18H,7-10H2,1H3/t12?,14-/m0/s1. The Bertz CT molecular complexity index is 436. The number of carbonyl (C=O) groups is 1. The zero-order chi connectivity index (χ0) is 13.9. The van der Waals surface area contributed by atoms with Crippen molar-refractivity contribution in [1.82, 2.24) is 4.90 Å². The van der Waals surface area contributed by atoms with E-state index in [1.807, 2.05) is 30.3 Å². The van der Waals surface area contributed by atoms with E-state index in [4.69, 9.17) is 4.74 Å². The number of aliphatic hydroxyl groups is 1. The van der Waals surface area contributed by atoms with Crippen molar-refractivity contribution in [1.29, 1.82) is 0 Å². The number of nitrogens with zero attached hydrogens (tertiary/aromatic N) is 1. The van der Waals surface area contributed by atoms with Crippen molar-refractivity contribution in [2.45, 2.75) is 31.7 Å². The largest absolute Gasteiger partial charge is 0.445 e. The highest BCUT2D eigenvalue weighted by Crippen LogP contribution is 2.25. The van der Waals surface area contributed by atoms with Gasteiger partial charge in [-0.15, -0.1) is 0 Å². The zero-order valence-electron chi connectivity index (χ0n) is 10.9. The van der Waals surface area contributed by atoms with E-state index < -0.39 is 17.9 Å². The topological polar surface area (TPSA) is 49.8 Å². The summed E-state index contributed by atoms with van der Waals surface area (Å²) < 4.78 is 18.8. The van der Waals surface area contributed by atoms with E-state index >= 15 is 0 Å². The highest BCUT2D eigenvalue weighted by molar-refractivity contribution is 5.67. The Labute approximate surface area is 111 Å². The summed E-state index contributed by atoms with van der Waals surface area (Å²) >= 11 is 0. The van der Waals surface area contributed by atoms with Crippen LogP contribution in [0.2, 0.25) is 0 Å². The monoisotopic (exact) mass is 267 g/mol. The van der Waals surface area contributed by atoms with Crippen LogP contribution in [0.25, 0.3) is 0 Å². The number of piperidine rings is 1. The number of benzene rings is 1. The Morgan fingerprint density at radius 3 is 2.84 bits per heavy atom. The number of alkyl halides is 1. The number of carbonyl (C=O) groups excluding carboxylic acids is 1. The summed E-state index contributed by atoms with van der Waals surface area (Å²) in [4.78, 5) is 13.1. The molecule has 104 valence electrons. The molecule has 1 heterocycles. The van der Waals surface area contributed by atoms with Gasteiger partial charge in [0.2, 0.25) is 0 Å². The Morgan fingerprint density at radius 1 is 1.53 bits per heavy atom. The average Bonchev–Trinajstić information content (AvgIpc) is 2.40. The van der Waals surface area contributed by atoms with Crippen LogP contribution < -0.4 is 0 Å². The third kappa shape index (κ3) is 3.44. The summed E-state index contributed by atoms with van der Waals surface area (Å²) in [5, 5.41) is 9.70. The molecule has 2 rings (SSSR count). The number of ether oxygens (including phenoxy) is 1.